The molecule has 0 aliphatic carbocycles. The number of aliphatic imine (C=N–C) groups is 1. The summed E-state index contributed by atoms with van der Waals surface area (Å²) in [7, 11) is 5.67. The highest BCUT2D eigenvalue weighted by atomic mass is 16.2. The SMILES string of the molecule is CN=C(NCCN(C)c1ccccc1)N1CCN(c2cnn(C)c2)C(=O)C1. The number of aryl methyl sites for hydroxylation is 1. The van der Waals surface area contributed by atoms with Gasteiger partial charge in [-0.05, 0) is 12.1 Å². The zero-order valence-corrected chi connectivity index (χ0v) is 16.2. The van der Waals surface area contributed by atoms with Gasteiger partial charge in [-0.3, -0.25) is 14.5 Å². The smallest absolute Gasteiger partial charge is 0.246 e. The number of hydrogen-bond acceptors (Lipinski definition) is 4. The van der Waals surface area contributed by atoms with Crippen LogP contribution in [-0.2, 0) is 11.8 Å². The van der Waals surface area contributed by atoms with Gasteiger partial charge in [0.2, 0.25) is 5.91 Å². The number of nitrogens with zero attached hydrogens (tertiary/aromatic N) is 6. The van der Waals surface area contributed by atoms with Crippen LogP contribution in [0.15, 0.2) is 47.7 Å². The average Bonchev–Trinajstić information content (AvgIpc) is 3.11. The second kappa shape index (κ2) is 8.57. The molecule has 0 bridgehead atoms. The first kappa shape index (κ1) is 18.8. The van der Waals surface area contributed by atoms with Crippen molar-refractivity contribution in [1.82, 2.24) is 20.0 Å². The second-order valence-electron chi connectivity index (χ2n) is 6.57. The molecule has 1 saturated heterocycles. The van der Waals surface area contributed by atoms with Gasteiger partial charge in [0.25, 0.3) is 0 Å². The summed E-state index contributed by atoms with van der Waals surface area (Å²) in [5.74, 6) is 0.814. The predicted octanol–water partition coefficient (Wildman–Crippen LogP) is 0.781. The largest absolute Gasteiger partial charge is 0.373 e. The number of amides is 1. The fourth-order valence-electron chi connectivity index (χ4n) is 3.15. The second-order valence-corrected chi connectivity index (χ2v) is 6.57. The Bertz CT molecular complexity index is 786. The van der Waals surface area contributed by atoms with Crippen molar-refractivity contribution in [1.29, 1.82) is 0 Å². The maximum Gasteiger partial charge on any atom is 0.246 e. The molecule has 1 amide bonds. The third-order valence-corrected chi connectivity index (χ3v) is 4.66. The zero-order chi connectivity index (χ0) is 19.2. The van der Waals surface area contributed by atoms with Crippen molar-refractivity contribution in [3.8, 4) is 0 Å². The molecule has 3 rings (SSSR count). The number of anilines is 2. The number of aromatic nitrogens is 2. The van der Waals surface area contributed by atoms with Crippen molar-refractivity contribution in [2.45, 2.75) is 0 Å². The Balaban J connectivity index is 1.51. The Morgan fingerprint density at radius 3 is 2.70 bits per heavy atom. The van der Waals surface area contributed by atoms with Gasteiger partial charge in [-0.2, -0.15) is 5.10 Å². The van der Waals surface area contributed by atoms with E-state index in [-0.39, 0.29) is 5.91 Å². The molecule has 2 aromatic rings. The summed E-state index contributed by atoms with van der Waals surface area (Å²) in [5.41, 5.74) is 2.02. The van der Waals surface area contributed by atoms with Crippen LogP contribution in [0.1, 0.15) is 0 Å². The standard InChI is InChI=1S/C19H27N7O/c1-20-19(21-9-10-23(2)16-7-5-4-6-8-16)25-11-12-26(18(27)15-25)17-13-22-24(3)14-17/h4-8,13-14H,9-12,15H2,1-3H3,(H,20,21). The predicted molar refractivity (Wildman–Crippen MR) is 108 cm³/mol. The molecule has 1 N–H and O–H groups in total. The van der Waals surface area contributed by atoms with Crippen molar-refractivity contribution in [2.24, 2.45) is 12.0 Å². The van der Waals surface area contributed by atoms with E-state index in [2.05, 4.69) is 39.5 Å². The van der Waals surface area contributed by atoms with Gasteiger partial charge >= 0.3 is 0 Å². The average molecular weight is 369 g/mol. The summed E-state index contributed by atoms with van der Waals surface area (Å²) in [6, 6.07) is 10.3. The van der Waals surface area contributed by atoms with Crippen LogP contribution in [0.25, 0.3) is 0 Å². The first-order valence-electron chi connectivity index (χ1n) is 9.09. The molecule has 0 radical (unpaired) electrons. The molecular weight excluding hydrogens is 342 g/mol. The molecule has 0 atom stereocenters. The first-order chi connectivity index (χ1) is 13.1. The summed E-state index contributed by atoms with van der Waals surface area (Å²) in [4.78, 5) is 22.9. The quantitative estimate of drug-likeness (QED) is 0.623. The van der Waals surface area contributed by atoms with Gasteiger partial charge < -0.3 is 20.0 Å². The van der Waals surface area contributed by atoms with Gasteiger partial charge in [0.1, 0.15) is 6.54 Å². The molecule has 144 valence electrons. The monoisotopic (exact) mass is 369 g/mol. The highest BCUT2D eigenvalue weighted by molar-refractivity contribution is 5.98. The Morgan fingerprint density at radius 2 is 2.07 bits per heavy atom. The zero-order valence-electron chi connectivity index (χ0n) is 16.2. The molecule has 0 saturated carbocycles. The van der Waals surface area contributed by atoms with Crippen LogP contribution in [0, 0.1) is 0 Å². The fraction of sp³-hybridized carbons (Fsp3) is 0.421. The summed E-state index contributed by atoms with van der Waals surface area (Å²) in [5, 5.41) is 7.51. The maximum atomic E-state index is 12.6. The number of nitrogens with one attached hydrogen (secondary N) is 1. The lowest BCUT2D eigenvalue weighted by atomic mass is 10.3. The molecule has 27 heavy (non-hydrogen) atoms. The molecular formula is C19H27N7O. The van der Waals surface area contributed by atoms with E-state index >= 15 is 0 Å². The van der Waals surface area contributed by atoms with Crippen molar-refractivity contribution in [2.75, 3.05) is 56.6 Å². The van der Waals surface area contributed by atoms with E-state index in [4.69, 9.17) is 0 Å². The van der Waals surface area contributed by atoms with Crippen molar-refractivity contribution in [3.63, 3.8) is 0 Å². The Kier molecular flexibility index (Phi) is 5.95. The number of benzene rings is 1. The van der Waals surface area contributed by atoms with Crippen molar-refractivity contribution in [3.05, 3.63) is 42.7 Å². The number of carbonyl (C=O) groups excluding carboxylic acids is 1. The van der Waals surface area contributed by atoms with Gasteiger partial charge in [0, 0.05) is 59.2 Å². The third kappa shape index (κ3) is 4.58. The van der Waals surface area contributed by atoms with Crippen LogP contribution < -0.4 is 15.1 Å². The molecule has 1 fully saturated rings. The summed E-state index contributed by atoms with van der Waals surface area (Å²) < 4.78 is 1.71. The summed E-state index contributed by atoms with van der Waals surface area (Å²) in [6.07, 6.45) is 3.58. The summed E-state index contributed by atoms with van der Waals surface area (Å²) >= 11 is 0. The van der Waals surface area contributed by atoms with Gasteiger partial charge in [0.05, 0.1) is 11.9 Å². The van der Waals surface area contributed by atoms with E-state index in [0.29, 0.717) is 13.1 Å². The minimum Gasteiger partial charge on any atom is -0.373 e. The fourth-order valence-corrected chi connectivity index (χ4v) is 3.15. The molecule has 8 heteroatoms. The Hall–Kier alpha value is -3.03. The first-order valence-corrected chi connectivity index (χ1v) is 9.09. The molecule has 8 nitrogen and oxygen atoms in total. The van der Waals surface area contributed by atoms with E-state index in [1.54, 1.807) is 22.8 Å². The number of hydrogen-bond donors (Lipinski definition) is 1. The van der Waals surface area contributed by atoms with Crippen molar-refractivity contribution < 1.29 is 4.79 Å². The van der Waals surface area contributed by atoms with Crippen LogP contribution in [-0.4, -0.2) is 73.4 Å². The third-order valence-electron chi connectivity index (χ3n) is 4.66. The molecule has 1 aromatic carbocycles. The number of para-hydroxylation sites is 1. The Labute approximate surface area is 160 Å². The molecule has 1 aliphatic rings. The van der Waals surface area contributed by atoms with Crippen molar-refractivity contribution >= 4 is 23.2 Å². The van der Waals surface area contributed by atoms with Gasteiger partial charge in [-0.15, -0.1) is 0 Å². The van der Waals surface area contributed by atoms with Crippen LogP contribution in [0.4, 0.5) is 11.4 Å². The van der Waals surface area contributed by atoms with Crippen LogP contribution in [0.5, 0.6) is 0 Å². The van der Waals surface area contributed by atoms with Gasteiger partial charge in [-0.25, -0.2) is 0 Å². The normalized spacial score (nSPS) is 15.2. The lowest BCUT2D eigenvalue weighted by Gasteiger charge is -2.35. The minimum atomic E-state index is 0.0543. The maximum absolute atomic E-state index is 12.6. The highest BCUT2D eigenvalue weighted by Crippen LogP contribution is 2.16. The van der Waals surface area contributed by atoms with Gasteiger partial charge in [-0.1, -0.05) is 18.2 Å². The number of piperazine rings is 1. The van der Waals surface area contributed by atoms with E-state index in [9.17, 15) is 4.79 Å². The lowest BCUT2D eigenvalue weighted by molar-refractivity contribution is -0.120. The van der Waals surface area contributed by atoms with Gasteiger partial charge in [0.15, 0.2) is 5.96 Å². The topological polar surface area (TPSA) is 69.0 Å². The number of likely N-dealkylation sites (N-methyl/N-ethyl adjacent to an activating group) is 1. The van der Waals surface area contributed by atoms with Crippen LogP contribution in [0.3, 0.4) is 0 Å². The minimum absolute atomic E-state index is 0.0543. The van der Waals surface area contributed by atoms with E-state index in [1.165, 1.54) is 5.69 Å². The molecule has 1 aliphatic heterocycles. The molecule has 1 aromatic heterocycles. The van der Waals surface area contributed by atoms with Crippen LogP contribution >= 0.6 is 0 Å². The summed E-state index contributed by atoms with van der Waals surface area (Å²) in [6.45, 7) is 3.24. The van der Waals surface area contributed by atoms with Crippen LogP contribution in [0.2, 0.25) is 0 Å². The Morgan fingerprint density at radius 1 is 1.30 bits per heavy atom. The van der Waals surface area contributed by atoms with E-state index in [0.717, 1.165) is 31.3 Å². The number of carbonyl (C=O) groups is 1. The number of rotatable bonds is 5. The van der Waals surface area contributed by atoms with E-state index in [1.807, 2.05) is 36.3 Å². The molecule has 2 heterocycles. The lowest BCUT2D eigenvalue weighted by Crippen LogP contribution is -2.55. The highest BCUT2D eigenvalue weighted by Gasteiger charge is 2.27. The molecule has 0 unspecified atom stereocenters. The molecule has 0 spiro atoms. The van der Waals surface area contributed by atoms with E-state index < -0.39 is 0 Å². The number of guanidine groups is 1.